The summed E-state index contributed by atoms with van der Waals surface area (Å²) >= 11 is 5.93. The lowest BCUT2D eigenvalue weighted by atomic mass is 10.1. The number of carbonyl (C=O) groups is 1. The van der Waals surface area contributed by atoms with Crippen molar-refractivity contribution in [1.29, 1.82) is 0 Å². The van der Waals surface area contributed by atoms with Crippen LogP contribution in [-0.2, 0) is 17.6 Å². The van der Waals surface area contributed by atoms with Crippen LogP contribution in [0.1, 0.15) is 11.3 Å². The van der Waals surface area contributed by atoms with Gasteiger partial charge < -0.3 is 9.72 Å². The molecule has 0 saturated carbocycles. The summed E-state index contributed by atoms with van der Waals surface area (Å²) in [5, 5.41) is 3.42. The summed E-state index contributed by atoms with van der Waals surface area (Å²) in [4.78, 5) is 16.3. The zero-order chi connectivity index (χ0) is 16.2. The van der Waals surface area contributed by atoms with Crippen molar-refractivity contribution >= 4 is 23.2 Å². The molecule has 0 fully saturated rings. The Morgan fingerprint density at radius 2 is 2.04 bits per heavy atom. The van der Waals surface area contributed by atoms with Gasteiger partial charge in [-0.25, -0.2) is 9.37 Å². The lowest BCUT2D eigenvalue weighted by Gasteiger charge is -2.05. The summed E-state index contributed by atoms with van der Waals surface area (Å²) in [6.45, 7) is 0.449. The molecule has 3 rings (SSSR count). The van der Waals surface area contributed by atoms with E-state index in [4.69, 9.17) is 11.6 Å². The minimum Gasteiger partial charge on any atom is -0.355 e. The number of rotatable bonds is 5. The Morgan fingerprint density at radius 3 is 2.87 bits per heavy atom. The molecule has 118 valence electrons. The number of nitrogens with zero attached hydrogens (tertiary/aromatic N) is 2. The van der Waals surface area contributed by atoms with Gasteiger partial charge >= 0.3 is 0 Å². The van der Waals surface area contributed by atoms with E-state index in [1.807, 2.05) is 16.7 Å². The molecule has 0 unspecified atom stereocenters. The van der Waals surface area contributed by atoms with Crippen LogP contribution in [0.5, 0.6) is 0 Å². The molecule has 0 aliphatic rings. The van der Waals surface area contributed by atoms with Gasteiger partial charge in [0.1, 0.15) is 11.5 Å². The third-order valence-electron chi connectivity index (χ3n) is 3.48. The molecular weight excluding hydrogens is 317 g/mol. The molecule has 23 heavy (non-hydrogen) atoms. The Balaban J connectivity index is 1.54. The van der Waals surface area contributed by atoms with Crippen LogP contribution in [0, 0.1) is 5.82 Å². The fraction of sp³-hybridized carbons (Fsp3) is 0.176. The lowest BCUT2D eigenvalue weighted by Crippen LogP contribution is -2.27. The molecular formula is C17H15ClFN3O. The molecule has 1 N–H and O–H groups in total. The summed E-state index contributed by atoms with van der Waals surface area (Å²) in [6.07, 6.45) is 4.30. The Morgan fingerprint density at radius 1 is 1.22 bits per heavy atom. The van der Waals surface area contributed by atoms with Gasteiger partial charge in [-0.3, -0.25) is 4.79 Å². The third kappa shape index (κ3) is 3.87. The minimum absolute atomic E-state index is 0.0352. The SMILES string of the molecule is O=C(Cc1ccccc1F)NCCc1cn2cc(Cl)ccc2n1. The molecule has 1 aromatic carbocycles. The number of hydrogen-bond donors (Lipinski definition) is 1. The molecule has 1 amide bonds. The van der Waals surface area contributed by atoms with E-state index < -0.39 is 0 Å². The number of pyridine rings is 1. The van der Waals surface area contributed by atoms with E-state index >= 15 is 0 Å². The summed E-state index contributed by atoms with van der Waals surface area (Å²) in [7, 11) is 0. The Hall–Kier alpha value is -2.40. The molecule has 3 aromatic rings. The van der Waals surface area contributed by atoms with Crippen molar-refractivity contribution in [3.63, 3.8) is 0 Å². The van der Waals surface area contributed by atoms with Crippen LogP contribution >= 0.6 is 11.6 Å². The average molecular weight is 332 g/mol. The van der Waals surface area contributed by atoms with E-state index in [0.717, 1.165) is 11.3 Å². The van der Waals surface area contributed by atoms with Crippen molar-refractivity contribution in [2.75, 3.05) is 6.54 Å². The second-order valence-corrected chi connectivity index (χ2v) is 5.65. The summed E-state index contributed by atoms with van der Waals surface area (Å²) in [5.74, 6) is -0.568. The van der Waals surface area contributed by atoms with Gasteiger partial charge in [-0.05, 0) is 23.8 Å². The van der Waals surface area contributed by atoms with E-state index in [-0.39, 0.29) is 18.1 Å². The summed E-state index contributed by atoms with van der Waals surface area (Å²) < 4.78 is 15.3. The molecule has 2 aromatic heterocycles. The first-order valence-corrected chi connectivity index (χ1v) is 7.63. The van der Waals surface area contributed by atoms with Crippen molar-refractivity contribution in [1.82, 2.24) is 14.7 Å². The van der Waals surface area contributed by atoms with Gasteiger partial charge in [0.15, 0.2) is 0 Å². The monoisotopic (exact) mass is 331 g/mol. The second-order valence-electron chi connectivity index (χ2n) is 5.21. The van der Waals surface area contributed by atoms with Gasteiger partial charge in [-0.15, -0.1) is 0 Å². The minimum atomic E-state index is -0.361. The topological polar surface area (TPSA) is 46.4 Å². The Kier molecular flexibility index (Phi) is 4.57. The highest BCUT2D eigenvalue weighted by Crippen LogP contribution is 2.12. The number of amides is 1. The number of halogens is 2. The van der Waals surface area contributed by atoms with Crippen molar-refractivity contribution in [2.45, 2.75) is 12.8 Å². The van der Waals surface area contributed by atoms with Crippen molar-refractivity contribution in [3.05, 3.63) is 70.9 Å². The molecule has 6 heteroatoms. The molecule has 0 bridgehead atoms. The summed E-state index contributed by atoms with van der Waals surface area (Å²) in [5.41, 5.74) is 2.06. The molecule has 2 heterocycles. The van der Waals surface area contributed by atoms with Crippen molar-refractivity contribution in [3.8, 4) is 0 Å². The number of imidazole rings is 1. The molecule has 0 aliphatic heterocycles. The van der Waals surface area contributed by atoms with Gasteiger partial charge in [-0.1, -0.05) is 29.8 Å². The number of aromatic nitrogens is 2. The number of nitrogens with one attached hydrogen (secondary N) is 1. The van der Waals surface area contributed by atoms with Crippen LogP contribution < -0.4 is 5.32 Å². The Labute approximate surface area is 137 Å². The molecule has 0 aliphatic carbocycles. The smallest absolute Gasteiger partial charge is 0.224 e. The van der Waals surface area contributed by atoms with Gasteiger partial charge in [0.05, 0.1) is 17.1 Å². The number of hydrogen-bond acceptors (Lipinski definition) is 2. The quantitative estimate of drug-likeness (QED) is 0.781. The maximum absolute atomic E-state index is 13.5. The Bertz CT molecular complexity index is 847. The highest BCUT2D eigenvalue weighted by atomic mass is 35.5. The fourth-order valence-corrected chi connectivity index (χ4v) is 2.51. The highest BCUT2D eigenvalue weighted by molar-refractivity contribution is 6.30. The van der Waals surface area contributed by atoms with Crippen LogP contribution in [0.15, 0.2) is 48.8 Å². The van der Waals surface area contributed by atoms with E-state index in [2.05, 4.69) is 10.3 Å². The van der Waals surface area contributed by atoms with Gasteiger partial charge in [0.2, 0.25) is 5.91 Å². The first-order valence-electron chi connectivity index (χ1n) is 7.25. The van der Waals surface area contributed by atoms with Crippen LogP contribution in [0.3, 0.4) is 0 Å². The van der Waals surface area contributed by atoms with Crippen LogP contribution in [0.4, 0.5) is 4.39 Å². The van der Waals surface area contributed by atoms with Crippen LogP contribution in [-0.4, -0.2) is 21.8 Å². The molecule has 0 radical (unpaired) electrons. The molecule has 0 spiro atoms. The lowest BCUT2D eigenvalue weighted by molar-refractivity contribution is -0.120. The number of carbonyl (C=O) groups excluding carboxylic acids is 1. The van der Waals surface area contributed by atoms with Crippen molar-refractivity contribution in [2.24, 2.45) is 0 Å². The third-order valence-corrected chi connectivity index (χ3v) is 3.70. The molecule has 0 saturated heterocycles. The standard InChI is InChI=1S/C17H15ClFN3O/c18-13-5-6-16-21-14(11-22(16)10-13)7-8-20-17(23)9-12-3-1-2-4-15(12)19/h1-6,10-11H,7-9H2,(H,20,23). The fourth-order valence-electron chi connectivity index (χ4n) is 2.34. The normalized spacial score (nSPS) is 10.9. The van der Waals surface area contributed by atoms with Gasteiger partial charge in [0, 0.05) is 25.4 Å². The zero-order valence-corrected chi connectivity index (χ0v) is 13.1. The second kappa shape index (κ2) is 6.79. The van der Waals surface area contributed by atoms with Crippen molar-refractivity contribution < 1.29 is 9.18 Å². The van der Waals surface area contributed by atoms with Crippen LogP contribution in [0.2, 0.25) is 5.02 Å². The predicted molar refractivity (Wildman–Crippen MR) is 87.0 cm³/mol. The summed E-state index contributed by atoms with van der Waals surface area (Å²) in [6, 6.07) is 9.90. The largest absolute Gasteiger partial charge is 0.355 e. The first-order chi connectivity index (χ1) is 11.1. The highest BCUT2D eigenvalue weighted by Gasteiger charge is 2.08. The maximum Gasteiger partial charge on any atom is 0.224 e. The zero-order valence-electron chi connectivity index (χ0n) is 12.3. The van der Waals surface area contributed by atoms with E-state index in [0.29, 0.717) is 23.6 Å². The maximum atomic E-state index is 13.5. The number of fused-ring (bicyclic) bond motifs is 1. The van der Waals surface area contributed by atoms with E-state index in [1.54, 1.807) is 30.5 Å². The molecule has 0 atom stereocenters. The first kappa shape index (κ1) is 15.5. The molecule has 4 nitrogen and oxygen atoms in total. The average Bonchev–Trinajstić information content (AvgIpc) is 2.91. The van der Waals surface area contributed by atoms with Gasteiger partial charge in [0.25, 0.3) is 0 Å². The van der Waals surface area contributed by atoms with E-state index in [1.165, 1.54) is 6.07 Å². The van der Waals surface area contributed by atoms with Crippen LogP contribution in [0.25, 0.3) is 5.65 Å². The predicted octanol–water partition coefficient (Wildman–Crippen LogP) is 3.03. The van der Waals surface area contributed by atoms with Gasteiger partial charge in [-0.2, -0.15) is 0 Å². The number of benzene rings is 1. The van der Waals surface area contributed by atoms with E-state index in [9.17, 15) is 9.18 Å².